The van der Waals surface area contributed by atoms with Gasteiger partial charge in [0.15, 0.2) is 0 Å². The topological polar surface area (TPSA) is 45.2 Å². The van der Waals surface area contributed by atoms with Crippen LogP contribution in [0.1, 0.15) is 35.5 Å². The third-order valence-electron chi connectivity index (χ3n) is 3.08. The second-order valence-corrected chi connectivity index (χ2v) is 4.97. The fourth-order valence-corrected chi connectivity index (χ4v) is 2.19. The highest BCUT2D eigenvalue weighted by Crippen LogP contribution is 2.20. The van der Waals surface area contributed by atoms with E-state index in [4.69, 9.17) is 0 Å². The van der Waals surface area contributed by atoms with E-state index in [1.807, 2.05) is 13.8 Å². The first-order valence-electron chi connectivity index (χ1n) is 6.21. The molecule has 0 saturated heterocycles. The summed E-state index contributed by atoms with van der Waals surface area (Å²) in [4.78, 5) is 17.6. The molecule has 0 fully saturated rings. The first kappa shape index (κ1) is 14.6. The van der Waals surface area contributed by atoms with E-state index in [0.29, 0.717) is 6.54 Å². The molecule has 100 valence electrons. The van der Waals surface area contributed by atoms with Gasteiger partial charge in [0.05, 0.1) is 6.54 Å². The van der Waals surface area contributed by atoms with E-state index < -0.39 is 0 Å². The van der Waals surface area contributed by atoms with E-state index in [-0.39, 0.29) is 11.9 Å². The SMILES string of the molecule is Cc1cc(C)c(C(C)NCC(=O)N(C)C)c(C)n1. The molecule has 1 unspecified atom stereocenters. The van der Waals surface area contributed by atoms with Crippen LogP contribution < -0.4 is 5.32 Å². The third kappa shape index (κ3) is 3.53. The van der Waals surface area contributed by atoms with Gasteiger partial charge in [0.1, 0.15) is 0 Å². The summed E-state index contributed by atoms with van der Waals surface area (Å²) < 4.78 is 0. The van der Waals surface area contributed by atoms with Gasteiger partial charge >= 0.3 is 0 Å². The molecule has 0 aromatic carbocycles. The molecule has 1 amide bonds. The Labute approximate surface area is 109 Å². The van der Waals surface area contributed by atoms with Gasteiger partial charge in [-0.15, -0.1) is 0 Å². The summed E-state index contributed by atoms with van der Waals surface area (Å²) >= 11 is 0. The van der Waals surface area contributed by atoms with Crippen LogP contribution in [0.3, 0.4) is 0 Å². The van der Waals surface area contributed by atoms with Gasteiger partial charge in [0.25, 0.3) is 0 Å². The van der Waals surface area contributed by atoms with E-state index >= 15 is 0 Å². The lowest BCUT2D eigenvalue weighted by Crippen LogP contribution is -2.34. The Balaban J connectivity index is 2.79. The second-order valence-electron chi connectivity index (χ2n) is 4.97. The van der Waals surface area contributed by atoms with Crippen LogP contribution in [0.5, 0.6) is 0 Å². The smallest absolute Gasteiger partial charge is 0.236 e. The van der Waals surface area contributed by atoms with Gasteiger partial charge in [0.2, 0.25) is 5.91 Å². The lowest BCUT2D eigenvalue weighted by atomic mass is 10.0. The average Bonchev–Trinajstić information content (AvgIpc) is 2.24. The summed E-state index contributed by atoms with van der Waals surface area (Å²) in [6.07, 6.45) is 0. The Morgan fingerprint density at radius 2 is 2.00 bits per heavy atom. The van der Waals surface area contributed by atoms with Crippen molar-refractivity contribution in [1.29, 1.82) is 0 Å². The molecule has 1 heterocycles. The number of rotatable bonds is 4. The lowest BCUT2D eigenvalue weighted by Gasteiger charge is -2.20. The van der Waals surface area contributed by atoms with E-state index in [2.05, 4.69) is 30.2 Å². The van der Waals surface area contributed by atoms with Crippen LogP contribution in [-0.2, 0) is 4.79 Å². The van der Waals surface area contributed by atoms with Crippen LogP contribution in [0.15, 0.2) is 6.07 Å². The summed E-state index contributed by atoms with van der Waals surface area (Å²) in [5.41, 5.74) is 4.47. The highest BCUT2D eigenvalue weighted by molar-refractivity contribution is 5.77. The maximum atomic E-state index is 11.6. The van der Waals surface area contributed by atoms with Crippen molar-refractivity contribution < 1.29 is 4.79 Å². The van der Waals surface area contributed by atoms with E-state index in [9.17, 15) is 4.79 Å². The van der Waals surface area contributed by atoms with Gasteiger partial charge in [-0.1, -0.05) is 0 Å². The molecule has 1 atom stereocenters. The van der Waals surface area contributed by atoms with Gasteiger partial charge in [-0.05, 0) is 44.9 Å². The van der Waals surface area contributed by atoms with E-state index in [0.717, 1.165) is 11.4 Å². The molecule has 4 heteroatoms. The van der Waals surface area contributed by atoms with Crippen LogP contribution in [0, 0.1) is 20.8 Å². The molecule has 0 spiro atoms. The minimum atomic E-state index is 0.0808. The molecule has 18 heavy (non-hydrogen) atoms. The standard InChI is InChI=1S/C14H23N3O/c1-9-7-10(2)16-12(4)14(9)11(3)15-8-13(18)17(5)6/h7,11,15H,8H2,1-6H3. The van der Waals surface area contributed by atoms with Crippen molar-refractivity contribution in [3.05, 3.63) is 28.6 Å². The van der Waals surface area contributed by atoms with Crippen molar-refractivity contribution in [2.75, 3.05) is 20.6 Å². The summed E-state index contributed by atoms with van der Waals surface area (Å²) in [6, 6.07) is 2.20. The Hall–Kier alpha value is -1.42. The highest BCUT2D eigenvalue weighted by Gasteiger charge is 2.14. The number of carbonyl (C=O) groups is 1. The fraction of sp³-hybridized carbons (Fsp3) is 0.571. The zero-order valence-corrected chi connectivity index (χ0v) is 12.2. The molecule has 0 aliphatic carbocycles. The largest absolute Gasteiger partial charge is 0.348 e. The number of aryl methyl sites for hydroxylation is 3. The van der Waals surface area contributed by atoms with Crippen LogP contribution >= 0.6 is 0 Å². The number of amides is 1. The Morgan fingerprint density at radius 1 is 1.39 bits per heavy atom. The maximum Gasteiger partial charge on any atom is 0.236 e. The number of nitrogens with one attached hydrogen (secondary N) is 1. The summed E-state index contributed by atoms with van der Waals surface area (Å²) in [6.45, 7) is 8.51. The zero-order valence-electron chi connectivity index (χ0n) is 12.2. The Bertz CT molecular complexity index is 418. The summed E-state index contributed by atoms with van der Waals surface area (Å²) in [5, 5.41) is 3.25. The monoisotopic (exact) mass is 249 g/mol. The van der Waals surface area contributed by atoms with E-state index in [1.165, 1.54) is 11.1 Å². The molecule has 0 saturated carbocycles. The van der Waals surface area contributed by atoms with Crippen LogP contribution in [0.4, 0.5) is 0 Å². The number of hydrogen-bond donors (Lipinski definition) is 1. The minimum Gasteiger partial charge on any atom is -0.348 e. The molecule has 0 radical (unpaired) electrons. The van der Waals surface area contributed by atoms with Crippen molar-refractivity contribution in [2.24, 2.45) is 0 Å². The first-order chi connectivity index (χ1) is 8.32. The molecule has 0 bridgehead atoms. The van der Waals surface area contributed by atoms with Gasteiger partial charge in [-0.3, -0.25) is 9.78 Å². The van der Waals surface area contributed by atoms with Crippen LogP contribution in [0.25, 0.3) is 0 Å². The third-order valence-corrected chi connectivity index (χ3v) is 3.08. The van der Waals surface area contributed by atoms with Gasteiger partial charge in [-0.25, -0.2) is 0 Å². The number of carbonyl (C=O) groups excluding carboxylic acids is 1. The predicted molar refractivity (Wildman–Crippen MR) is 73.6 cm³/mol. The van der Waals surface area contributed by atoms with Crippen molar-refractivity contribution >= 4 is 5.91 Å². The molecule has 0 aliphatic rings. The first-order valence-corrected chi connectivity index (χ1v) is 6.21. The van der Waals surface area contributed by atoms with Crippen LogP contribution in [-0.4, -0.2) is 36.4 Å². The molecule has 1 N–H and O–H groups in total. The minimum absolute atomic E-state index is 0.0808. The molecule has 4 nitrogen and oxygen atoms in total. The number of likely N-dealkylation sites (N-methyl/N-ethyl adjacent to an activating group) is 1. The molecule has 1 rings (SSSR count). The summed E-state index contributed by atoms with van der Waals surface area (Å²) in [7, 11) is 3.53. The van der Waals surface area contributed by atoms with Gasteiger partial charge in [0, 0.05) is 31.5 Å². The lowest BCUT2D eigenvalue weighted by molar-refractivity contribution is -0.127. The molecule has 1 aromatic heterocycles. The molecule has 1 aromatic rings. The molecular weight excluding hydrogens is 226 g/mol. The number of pyridine rings is 1. The normalized spacial score (nSPS) is 12.3. The van der Waals surface area contributed by atoms with Crippen molar-refractivity contribution in [3.8, 4) is 0 Å². The molecule has 0 aliphatic heterocycles. The molecular formula is C14H23N3O. The zero-order chi connectivity index (χ0) is 13.9. The Morgan fingerprint density at radius 3 is 2.50 bits per heavy atom. The van der Waals surface area contributed by atoms with Crippen molar-refractivity contribution in [2.45, 2.75) is 33.7 Å². The second kappa shape index (κ2) is 5.96. The number of aromatic nitrogens is 1. The summed E-state index contributed by atoms with van der Waals surface area (Å²) in [5.74, 6) is 0.0808. The highest BCUT2D eigenvalue weighted by atomic mass is 16.2. The van der Waals surface area contributed by atoms with Crippen molar-refractivity contribution in [3.63, 3.8) is 0 Å². The Kier molecular flexibility index (Phi) is 4.84. The number of hydrogen-bond acceptors (Lipinski definition) is 3. The number of nitrogens with zero attached hydrogens (tertiary/aromatic N) is 2. The maximum absolute atomic E-state index is 11.6. The quantitative estimate of drug-likeness (QED) is 0.884. The fourth-order valence-electron chi connectivity index (χ4n) is 2.19. The van der Waals surface area contributed by atoms with Crippen LogP contribution in [0.2, 0.25) is 0 Å². The van der Waals surface area contributed by atoms with Crippen molar-refractivity contribution in [1.82, 2.24) is 15.2 Å². The van der Waals surface area contributed by atoms with E-state index in [1.54, 1.807) is 19.0 Å². The average molecular weight is 249 g/mol. The van der Waals surface area contributed by atoms with Gasteiger partial charge in [-0.2, -0.15) is 0 Å². The predicted octanol–water partition coefficient (Wildman–Crippen LogP) is 1.75. The van der Waals surface area contributed by atoms with Gasteiger partial charge < -0.3 is 10.2 Å².